The van der Waals surface area contributed by atoms with E-state index in [9.17, 15) is 18.8 Å². The van der Waals surface area contributed by atoms with Gasteiger partial charge in [-0.3, -0.25) is 4.79 Å². The van der Waals surface area contributed by atoms with Gasteiger partial charge in [0.15, 0.2) is 6.17 Å². The number of hydrogen-bond acceptors (Lipinski definition) is 6. The van der Waals surface area contributed by atoms with Gasteiger partial charge in [-0.05, 0) is 57.9 Å². The van der Waals surface area contributed by atoms with Gasteiger partial charge in [0.05, 0.1) is 12.2 Å². The number of carbonyl (C=O) groups excluding carboxylic acids is 3. The molecular weight excluding hydrogens is 379 g/mol. The Hall–Kier alpha value is -2.64. The Balaban J connectivity index is 2.98. The molecule has 3 N–H and O–H groups in total. The fourth-order valence-electron chi connectivity index (χ4n) is 2.61. The molecule has 0 heterocycles. The van der Waals surface area contributed by atoms with Crippen LogP contribution < -0.4 is 11.1 Å². The number of amides is 1. The van der Waals surface area contributed by atoms with E-state index >= 15 is 0 Å². The van der Waals surface area contributed by atoms with Gasteiger partial charge in [0, 0.05) is 17.7 Å². The van der Waals surface area contributed by atoms with Crippen molar-refractivity contribution in [3.05, 3.63) is 29.3 Å². The molecule has 162 valence electrons. The SMILES string of the molecule is CCCc1cc(C(=O)N[C@@H](C[C@@H](F)C(=O)OC(C)C)C(=O)OC(C)C)ccc1N. The molecule has 1 aromatic carbocycles. The number of nitrogen functional groups attached to an aromatic ring is 1. The molecule has 7 nitrogen and oxygen atoms in total. The van der Waals surface area contributed by atoms with Crippen LogP contribution in [0.4, 0.5) is 10.1 Å². The summed E-state index contributed by atoms with van der Waals surface area (Å²) in [7, 11) is 0. The van der Waals surface area contributed by atoms with Crippen LogP contribution in [0.15, 0.2) is 18.2 Å². The third kappa shape index (κ3) is 8.09. The highest BCUT2D eigenvalue weighted by molar-refractivity contribution is 5.97. The number of esters is 2. The first-order valence-corrected chi connectivity index (χ1v) is 9.79. The van der Waals surface area contributed by atoms with Gasteiger partial charge < -0.3 is 20.5 Å². The minimum Gasteiger partial charge on any atom is -0.461 e. The van der Waals surface area contributed by atoms with Crippen LogP contribution in [0.1, 0.15) is 63.4 Å². The Morgan fingerprint density at radius 2 is 1.66 bits per heavy atom. The maximum absolute atomic E-state index is 14.3. The van der Waals surface area contributed by atoms with E-state index in [0.717, 1.165) is 12.0 Å². The zero-order chi connectivity index (χ0) is 22.1. The molecule has 29 heavy (non-hydrogen) atoms. The quantitative estimate of drug-likeness (QED) is 0.454. The zero-order valence-corrected chi connectivity index (χ0v) is 17.7. The number of halogens is 1. The summed E-state index contributed by atoms with van der Waals surface area (Å²) in [6.45, 7) is 8.43. The number of rotatable bonds is 10. The van der Waals surface area contributed by atoms with Crippen LogP contribution in [-0.4, -0.2) is 42.3 Å². The Morgan fingerprint density at radius 3 is 2.21 bits per heavy atom. The number of carbonyl (C=O) groups is 3. The predicted molar refractivity (Wildman–Crippen MR) is 108 cm³/mol. The van der Waals surface area contributed by atoms with Crippen molar-refractivity contribution in [2.45, 2.75) is 78.3 Å². The molecule has 2 atom stereocenters. The van der Waals surface area contributed by atoms with Gasteiger partial charge in [0.25, 0.3) is 5.91 Å². The second kappa shape index (κ2) is 11.4. The van der Waals surface area contributed by atoms with Crippen LogP contribution in [0.25, 0.3) is 0 Å². The van der Waals surface area contributed by atoms with Crippen molar-refractivity contribution >= 4 is 23.5 Å². The lowest BCUT2D eigenvalue weighted by Crippen LogP contribution is -2.45. The second-order valence-corrected chi connectivity index (χ2v) is 7.36. The van der Waals surface area contributed by atoms with Crippen LogP contribution in [0, 0.1) is 0 Å². The maximum Gasteiger partial charge on any atom is 0.341 e. The number of anilines is 1. The van der Waals surface area contributed by atoms with E-state index in [1.165, 1.54) is 6.07 Å². The van der Waals surface area contributed by atoms with E-state index in [0.29, 0.717) is 12.1 Å². The van der Waals surface area contributed by atoms with Gasteiger partial charge in [0.2, 0.25) is 0 Å². The number of hydrogen-bond donors (Lipinski definition) is 2. The van der Waals surface area contributed by atoms with Crippen LogP contribution in [0.2, 0.25) is 0 Å². The minimum absolute atomic E-state index is 0.283. The molecule has 0 radical (unpaired) electrons. The predicted octanol–water partition coefficient (Wildman–Crippen LogP) is 2.95. The van der Waals surface area contributed by atoms with E-state index < -0.39 is 48.7 Å². The van der Waals surface area contributed by atoms with Gasteiger partial charge in [-0.2, -0.15) is 0 Å². The Kier molecular flexibility index (Phi) is 9.58. The molecule has 1 amide bonds. The van der Waals surface area contributed by atoms with Gasteiger partial charge in [0.1, 0.15) is 6.04 Å². The average Bonchev–Trinajstić information content (AvgIpc) is 2.61. The van der Waals surface area contributed by atoms with E-state index in [1.54, 1.807) is 39.8 Å². The summed E-state index contributed by atoms with van der Waals surface area (Å²) in [6, 6.07) is 3.43. The second-order valence-electron chi connectivity index (χ2n) is 7.36. The number of aryl methyl sites for hydroxylation is 1. The van der Waals surface area contributed by atoms with Gasteiger partial charge in [-0.25, -0.2) is 14.0 Å². The number of alkyl halides is 1. The molecule has 1 aromatic rings. The Labute approximate surface area is 171 Å². The number of benzene rings is 1. The standard InChI is InChI=1S/C21H31FN2O5/c1-6-7-14-10-15(8-9-17(14)23)19(25)24-18(21(27)29-13(4)5)11-16(22)20(26)28-12(2)3/h8-10,12-13,16,18H,6-7,11,23H2,1-5H3,(H,24,25)/t16-,18+/m1/s1. The molecule has 0 bridgehead atoms. The summed E-state index contributed by atoms with van der Waals surface area (Å²) >= 11 is 0. The van der Waals surface area contributed by atoms with Gasteiger partial charge in [-0.15, -0.1) is 0 Å². The maximum atomic E-state index is 14.3. The Bertz CT molecular complexity index is 721. The lowest BCUT2D eigenvalue weighted by Gasteiger charge is -2.21. The van der Waals surface area contributed by atoms with E-state index in [2.05, 4.69) is 5.32 Å². The lowest BCUT2D eigenvalue weighted by atomic mass is 10.0. The monoisotopic (exact) mass is 410 g/mol. The molecule has 0 saturated heterocycles. The van der Waals surface area contributed by atoms with Gasteiger partial charge >= 0.3 is 11.9 Å². The first-order chi connectivity index (χ1) is 13.5. The summed E-state index contributed by atoms with van der Waals surface area (Å²) in [5.41, 5.74) is 7.57. The molecule has 0 aliphatic heterocycles. The average molecular weight is 410 g/mol. The molecular formula is C21H31FN2O5. The Morgan fingerprint density at radius 1 is 1.07 bits per heavy atom. The third-order valence-electron chi connectivity index (χ3n) is 3.92. The van der Waals surface area contributed by atoms with E-state index in [1.807, 2.05) is 6.92 Å². The molecule has 0 fully saturated rings. The summed E-state index contributed by atoms with van der Waals surface area (Å²) in [4.78, 5) is 36.8. The van der Waals surface area contributed by atoms with Gasteiger partial charge in [-0.1, -0.05) is 13.3 Å². The first kappa shape index (κ1) is 24.4. The number of ether oxygens (including phenoxy) is 2. The highest BCUT2D eigenvalue weighted by Crippen LogP contribution is 2.17. The van der Waals surface area contributed by atoms with Crippen LogP contribution in [-0.2, 0) is 25.5 Å². The lowest BCUT2D eigenvalue weighted by molar-refractivity contribution is -0.155. The van der Waals surface area contributed by atoms with Crippen molar-refractivity contribution in [3.8, 4) is 0 Å². The van der Waals surface area contributed by atoms with Crippen molar-refractivity contribution in [1.29, 1.82) is 0 Å². The van der Waals surface area contributed by atoms with Crippen molar-refractivity contribution < 1.29 is 28.2 Å². The highest BCUT2D eigenvalue weighted by Gasteiger charge is 2.31. The molecule has 0 saturated carbocycles. The fraction of sp³-hybridized carbons (Fsp3) is 0.571. The first-order valence-electron chi connectivity index (χ1n) is 9.79. The highest BCUT2D eigenvalue weighted by atomic mass is 19.1. The van der Waals surface area contributed by atoms with Crippen LogP contribution >= 0.6 is 0 Å². The van der Waals surface area contributed by atoms with Crippen molar-refractivity contribution in [2.75, 3.05) is 5.73 Å². The van der Waals surface area contributed by atoms with E-state index in [-0.39, 0.29) is 5.56 Å². The summed E-state index contributed by atoms with van der Waals surface area (Å²) in [6.07, 6.45) is -2.08. The van der Waals surface area contributed by atoms with Crippen molar-refractivity contribution in [2.24, 2.45) is 0 Å². The number of nitrogens with two attached hydrogens (primary N) is 1. The molecule has 0 aliphatic carbocycles. The van der Waals surface area contributed by atoms with Crippen molar-refractivity contribution in [3.63, 3.8) is 0 Å². The summed E-state index contributed by atoms with van der Waals surface area (Å²) < 4.78 is 24.3. The summed E-state index contributed by atoms with van der Waals surface area (Å²) in [5.74, 6) is -2.50. The molecule has 0 spiro atoms. The molecule has 0 unspecified atom stereocenters. The largest absolute Gasteiger partial charge is 0.461 e. The zero-order valence-electron chi connectivity index (χ0n) is 17.7. The topological polar surface area (TPSA) is 108 Å². The normalized spacial score (nSPS) is 13.1. The fourth-order valence-corrected chi connectivity index (χ4v) is 2.61. The molecule has 0 aromatic heterocycles. The summed E-state index contributed by atoms with van der Waals surface area (Å²) in [5, 5.41) is 2.46. The number of nitrogens with one attached hydrogen (secondary N) is 1. The minimum atomic E-state index is -2.08. The van der Waals surface area contributed by atoms with Crippen LogP contribution in [0.3, 0.4) is 0 Å². The smallest absolute Gasteiger partial charge is 0.341 e. The molecule has 8 heteroatoms. The van der Waals surface area contributed by atoms with E-state index in [4.69, 9.17) is 15.2 Å². The molecule has 1 rings (SSSR count). The van der Waals surface area contributed by atoms with Crippen LogP contribution in [0.5, 0.6) is 0 Å². The van der Waals surface area contributed by atoms with Crippen molar-refractivity contribution in [1.82, 2.24) is 5.32 Å². The third-order valence-corrected chi connectivity index (χ3v) is 3.92. The molecule has 0 aliphatic rings.